The van der Waals surface area contributed by atoms with E-state index >= 15 is 0 Å². The van der Waals surface area contributed by atoms with Crippen molar-refractivity contribution in [1.82, 2.24) is 9.38 Å². The molecule has 0 saturated heterocycles. The van der Waals surface area contributed by atoms with Gasteiger partial charge in [-0.3, -0.25) is 0 Å². The van der Waals surface area contributed by atoms with Gasteiger partial charge in [0.25, 0.3) is 0 Å². The molecule has 0 aliphatic carbocycles. The molecule has 0 aromatic carbocycles. The van der Waals surface area contributed by atoms with Crippen LogP contribution in [0.15, 0.2) is 35.3 Å². The van der Waals surface area contributed by atoms with Crippen molar-refractivity contribution < 1.29 is 0 Å². The Morgan fingerprint density at radius 1 is 1.50 bits per heavy atom. The summed E-state index contributed by atoms with van der Waals surface area (Å²) < 4.78 is 2.99. The van der Waals surface area contributed by atoms with Crippen LogP contribution in [0.4, 0.5) is 0 Å². The predicted octanol–water partition coefficient (Wildman–Crippen LogP) is 2.10. The molecule has 0 fully saturated rings. The number of rotatable bonds is 0. The minimum absolute atomic E-state index is 1.03. The Labute approximate surface area is 66.6 Å². The van der Waals surface area contributed by atoms with E-state index in [1.807, 2.05) is 22.7 Å². The molecule has 2 aromatic rings. The van der Waals surface area contributed by atoms with Crippen LogP contribution in [0.25, 0.3) is 5.52 Å². The maximum absolute atomic E-state index is 4.00. The van der Waals surface area contributed by atoms with Crippen molar-refractivity contribution in [3.05, 3.63) is 35.3 Å². The second kappa shape index (κ2) is 2.09. The Kier molecular flexibility index (Phi) is 1.24. The first-order chi connectivity index (χ1) is 4.88. The van der Waals surface area contributed by atoms with E-state index in [4.69, 9.17) is 0 Å². The summed E-state index contributed by atoms with van der Waals surface area (Å²) >= 11 is 3.39. The fourth-order valence-electron chi connectivity index (χ4n) is 0.934. The second-order valence-electron chi connectivity index (χ2n) is 2.04. The van der Waals surface area contributed by atoms with Gasteiger partial charge in [0.2, 0.25) is 0 Å². The predicted molar refractivity (Wildman–Crippen MR) is 42.9 cm³/mol. The number of aromatic nitrogens is 2. The van der Waals surface area contributed by atoms with Crippen molar-refractivity contribution in [3.63, 3.8) is 0 Å². The molecular weight excluding hydrogens is 192 g/mol. The molecule has 0 aliphatic rings. The maximum atomic E-state index is 4.00. The van der Waals surface area contributed by atoms with Gasteiger partial charge in [0.1, 0.15) is 0 Å². The van der Waals surface area contributed by atoms with Gasteiger partial charge in [0.05, 0.1) is 16.3 Å². The molecule has 2 heterocycles. The number of halogens is 1. The minimum Gasteiger partial charge on any atom is -0.307 e. The number of hydrogen-bond donors (Lipinski definition) is 0. The lowest BCUT2D eigenvalue weighted by Crippen LogP contribution is -1.83. The Morgan fingerprint density at radius 2 is 2.40 bits per heavy atom. The first kappa shape index (κ1) is 5.92. The molecule has 0 spiro atoms. The summed E-state index contributed by atoms with van der Waals surface area (Å²) in [4.78, 5) is 4.00. The number of nitrogens with zero attached hydrogens (tertiary/aromatic N) is 2. The van der Waals surface area contributed by atoms with Crippen LogP contribution in [-0.2, 0) is 0 Å². The Balaban J connectivity index is 2.95. The van der Waals surface area contributed by atoms with E-state index in [-0.39, 0.29) is 0 Å². The lowest BCUT2D eigenvalue weighted by Gasteiger charge is -1.93. The quantitative estimate of drug-likeness (QED) is 0.632. The highest BCUT2D eigenvalue weighted by atomic mass is 79.9. The average Bonchev–Trinajstić information content (AvgIpc) is 2.36. The van der Waals surface area contributed by atoms with Gasteiger partial charge in [-0.05, 0) is 28.1 Å². The lowest BCUT2D eigenvalue weighted by atomic mass is 10.5. The van der Waals surface area contributed by atoms with Gasteiger partial charge in [-0.25, -0.2) is 4.98 Å². The molecule has 3 heteroatoms. The summed E-state index contributed by atoms with van der Waals surface area (Å²) in [6.07, 6.45) is 5.53. The normalized spacial score (nSPS) is 10.5. The van der Waals surface area contributed by atoms with Crippen LogP contribution < -0.4 is 0 Å². The number of fused-ring (bicyclic) bond motifs is 1. The third kappa shape index (κ3) is 0.743. The molecule has 0 aliphatic heterocycles. The largest absolute Gasteiger partial charge is 0.307 e. The zero-order chi connectivity index (χ0) is 6.97. The Hall–Kier alpha value is -0.830. The fourth-order valence-corrected chi connectivity index (χ4v) is 1.39. The third-order valence-corrected chi connectivity index (χ3v) is 2.01. The molecule has 0 N–H and O–H groups in total. The first-order valence-corrected chi connectivity index (χ1v) is 3.73. The van der Waals surface area contributed by atoms with Crippen molar-refractivity contribution in [2.75, 3.05) is 0 Å². The van der Waals surface area contributed by atoms with E-state index < -0.39 is 0 Å². The van der Waals surface area contributed by atoms with E-state index in [2.05, 4.69) is 20.9 Å². The Morgan fingerprint density at radius 3 is 3.20 bits per heavy atom. The van der Waals surface area contributed by atoms with E-state index in [0.717, 1.165) is 9.99 Å². The summed E-state index contributed by atoms with van der Waals surface area (Å²) in [7, 11) is 0. The van der Waals surface area contributed by atoms with E-state index in [1.165, 1.54) is 0 Å². The Bertz CT molecular complexity index is 353. The molecule has 2 aromatic heterocycles. The highest BCUT2D eigenvalue weighted by Gasteiger charge is 1.94. The van der Waals surface area contributed by atoms with Crippen LogP contribution in [0.3, 0.4) is 0 Å². The van der Waals surface area contributed by atoms with Gasteiger partial charge < -0.3 is 4.40 Å². The summed E-state index contributed by atoms with van der Waals surface area (Å²) in [5.41, 5.74) is 1.15. The van der Waals surface area contributed by atoms with Crippen LogP contribution in [0, 0.1) is 0 Å². The fraction of sp³-hybridized carbons (Fsp3) is 0. The van der Waals surface area contributed by atoms with Gasteiger partial charge >= 0.3 is 0 Å². The van der Waals surface area contributed by atoms with Gasteiger partial charge in [0.15, 0.2) is 0 Å². The van der Waals surface area contributed by atoms with Crippen molar-refractivity contribution in [2.45, 2.75) is 0 Å². The zero-order valence-corrected chi connectivity index (χ0v) is 6.75. The smallest absolute Gasteiger partial charge is 0.0991 e. The monoisotopic (exact) mass is 196 g/mol. The van der Waals surface area contributed by atoms with Crippen LogP contribution in [-0.4, -0.2) is 9.38 Å². The van der Waals surface area contributed by atoms with Crippen LogP contribution >= 0.6 is 15.9 Å². The molecule has 2 nitrogen and oxygen atoms in total. The summed E-state index contributed by atoms with van der Waals surface area (Å²) in [6.45, 7) is 0. The molecule has 50 valence electrons. The van der Waals surface area contributed by atoms with Crippen molar-refractivity contribution in [1.29, 1.82) is 0 Å². The standard InChI is InChI=1S/C7H5BrN2/c8-6-4-9-5-10-3-1-2-7(6)10/h1-5H. The molecule has 0 unspecified atom stereocenters. The SMILES string of the molecule is Brc1cncn2cccc12. The maximum Gasteiger partial charge on any atom is 0.0991 e. The van der Waals surface area contributed by atoms with Gasteiger partial charge in [0, 0.05) is 12.4 Å². The van der Waals surface area contributed by atoms with Gasteiger partial charge in [-0.2, -0.15) is 0 Å². The summed E-state index contributed by atoms with van der Waals surface area (Å²) in [5, 5.41) is 0. The molecule has 0 saturated carbocycles. The lowest BCUT2D eigenvalue weighted by molar-refractivity contribution is 1.09. The van der Waals surface area contributed by atoms with Crippen LogP contribution in [0.2, 0.25) is 0 Å². The van der Waals surface area contributed by atoms with Gasteiger partial charge in [-0.15, -0.1) is 0 Å². The topological polar surface area (TPSA) is 17.3 Å². The summed E-state index contributed by atoms with van der Waals surface area (Å²) in [6, 6.07) is 4.02. The van der Waals surface area contributed by atoms with Crippen LogP contribution in [0.5, 0.6) is 0 Å². The first-order valence-electron chi connectivity index (χ1n) is 2.94. The van der Waals surface area contributed by atoms with Gasteiger partial charge in [-0.1, -0.05) is 0 Å². The van der Waals surface area contributed by atoms with Crippen LogP contribution in [0.1, 0.15) is 0 Å². The zero-order valence-electron chi connectivity index (χ0n) is 5.16. The molecule has 0 radical (unpaired) electrons. The molecular formula is C7H5BrN2. The highest BCUT2D eigenvalue weighted by molar-refractivity contribution is 9.10. The molecule has 0 amide bonds. The third-order valence-electron chi connectivity index (χ3n) is 1.40. The van der Waals surface area contributed by atoms with Crippen molar-refractivity contribution in [3.8, 4) is 0 Å². The molecule has 10 heavy (non-hydrogen) atoms. The number of hydrogen-bond acceptors (Lipinski definition) is 1. The van der Waals surface area contributed by atoms with E-state index in [0.29, 0.717) is 0 Å². The van der Waals surface area contributed by atoms with E-state index in [1.54, 1.807) is 12.5 Å². The van der Waals surface area contributed by atoms with Crippen molar-refractivity contribution >= 4 is 21.4 Å². The second-order valence-corrected chi connectivity index (χ2v) is 2.90. The average molecular weight is 197 g/mol. The summed E-state index contributed by atoms with van der Waals surface area (Å²) in [5.74, 6) is 0. The minimum atomic E-state index is 1.03. The molecule has 0 atom stereocenters. The van der Waals surface area contributed by atoms with Crippen molar-refractivity contribution in [2.24, 2.45) is 0 Å². The molecule has 0 bridgehead atoms. The highest BCUT2D eigenvalue weighted by Crippen LogP contribution is 2.15. The van der Waals surface area contributed by atoms with E-state index in [9.17, 15) is 0 Å². The molecule has 2 rings (SSSR count).